The van der Waals surface area contributed by atoms with Crippen LogP contribution in [-0.2, 0) is 15.7 Å². The minimum absolute atomic E-state index is 0.271. The second-order valence-electron chi connectivity index (χ2n) is 4.90. The number of carbonyl (C=O) groups is 2. The first kappa shape index (κ1) is 18.9. The summed E-state index contributed by atoms with van der Waals surface area (Å²) in [5, 5.41) is 2.59. The van der Waals surface area contributed by atoms with E-state index in [1.165, 1.54) is 17.8 Å². The van der Waals surface area contributed by atoms with Crippen molar-refractivity contribution in [1.29, 1.82) is 0 Å². The number of carbonyl (C=O) groups excluding carboxylic acids is 2. The highest BCUT2D eigenvalue weighted by atomic mass is 32.2. The number of amides is 1. The Hall–Kier alpha value is -2.48. The van der Waals surface area contributed by atoms with Gasteiger partial charge in [0.05, 0.1) is 16.8 Å². The van der Waals surface area contributed by atoms with Gasteiger partial charge < -0.3 is 10.1 Å². The molecule has 8 heteroatoms. The van der Waals surface area contributed by atoms with Crippen LogP contribution in [0.3, 0.4) is 0 Å². The van der Waals surface area contributed by atoms with E-state index in [4.69, 9.17) is 4.74 Å². The Balaban J connectivity index is 1.97. The fraction of sp³-hybridized carbons (Fsp3) is 0.176. The molecule has 0 saturated carbocycles. The second-order valence-corrected chi connectivity index (χ2v) is 5.75. The Morgan fingerprint density at radius 1 is 1.12 bits per heavy atom. The zero-order valence-electron chi connectivity index (χ0n) is 13.1. The first-order chi connectivity index (χ1) is 11.8. The number of hydrogen-bond donors (Lipinski definition) is 1. The van der Waals surface area contributed by atoms with E-state index in [2.05, 4.69) is 5.32 Å². The van der Waals surface area contributed by atoms with Crippen molar-refractivity contribution >= 4 is 29.3 Å². The highest BCUT2D eigenvalue weighted by molar-refractivity contribution is 7.98. The van der Waals surface area contributed by atoms with Crippen LogP contribution in [0.15, 0.2) is 53.4 Å². The lowest BCUT2D eigenvalue weighted by molar-refractivity contribution is -0.137. The number of ether oxygens (including phenoxy) is 1. The molecule has 2 aromatic rings. The zero-order valence-corrected chi connectivity index (χ0v) is 13.9. The molecule has 0 radical (unpaired) electrons. The quantitative estimate of drug-likeness (QED) is 0.633. The lowest BCUT2D eigenvalue weighted by atomic mass is 10.1. The van der Waals surface area contributed by atoms with E-state index >= 15 is 0 Å². The second kappa shape index (κ2) is 8.06. The fourth-order valence-electron chi connectivity index (χ4n) is 1.97. The van der Waals surface area contributed by atoms with Crippen LogP contribution in [0, 0.1) is 0 Å². The predicted octanol–water partition coefficient (Wildman–Crippen LogP) is 4.22. The summed E-state index contributed by atoms with van der Waals surface area (Å²) >= 11 is 1.43. The van der Waals surface area contributed by atoms with Crippen molar-refractivity contribution < 1.29 is 27.5 Å². The van der Waals surface area contributed by atoms with Crippen LogP contribution < -0.4 is 5.32 Å². The molecule has 2 aromatic carbocycles. The monoisotopic (exact) mass is 369 g/mol. The van der Waals surface area contributed by atoms with Gasteiger partial charge >= 0.3 is 12.1 Å². The van der Waals surface area contributed by atoms with E-state index in [9.17, 15) is 22.8 Å². The van der Waals surface area contributed by atoms with Crippen molar-refractivity contribution in [2.75, 3.05) is 18.2 Å². The van der Waals surface area contributed by atoms with Gasteiger partial charge in [0.1, 0.15) is 0 Å². The molecule has 1 N–H and O–H groups in total. The molecule has 0 saturated heterocycles. The molecular weight excluding hydrogens is 355 g/mol. The van der Waals surface area contributed by atoms with Crippen molar-refractivity contribution in [1.82, 2.24) is 0 Å². The third-order valence-corrected chi connectivity index (χ3v) is 3.94. The van der Waals surface area contributed by atoms with E-state index in [1.54, 1.807) is 12.1 Å². The molecule has 132 valence electrons. The largest absolute Gasteiger partial charge is 0.452 e. The summed E-state index contributed by atoms with van der Waals surface area (Å²) in [5.41, 5.74) is -0.664. The van der Waals surface area contributed by atoms with Crippen LogP contribution >= 0.6 is 11.8 Å². The Kier molecular flexibility index (Phi) is 6.08. The summed E-state index contributed by atoms with van der Waals surface area (Å²) in [6, 6.07) is 10.9. The summed E-state index contributed by atoms with van der Waals surface area (Å²) in [4.78, 5) is 24.5. The number of rotatable bonds is 5. The minimum atomic E-state index is -4.56. The van der Waals surface area contributed by atoms with Crippen molar-refractivity contribution in [3.63, 3.8) is 0 Å². The summed E-state index contributed by atoms with van der Waals surface area (Å²) in [6.07, 6.45) is -2.71. The summed E-state index contributed by atoms with van der Waals surface area (Å²) in [5.74, 6) is -1.58. The van der Waals surface area contributed by atoms with E-state index in [1.807, 2.05) is 18.4 Å². The molecule has 0 fully saturated rings. The average Bonchev–Trinajstić information content (AvgIpc) is 2.59. The van der Waals surface area contributed by atoms with Crippen LogP contribution in [0.5, 0.6) is 0 Å². The average molecular weight is 369 g/mol. The summed E-state index contributed by atoms with van der Waals surface area (Å²) < 4.78 is 42.7. The van der Waals surface area contributed by atoms with Gasteiger partial charge in [-0.15, -0.1) is 11.8 Å². The number of para-hydroxylation sites is 1. The molecule has 0 spiro atoms. The van der Waals surface area contributed by atoms with Gasteiger partial charge in [-0.3, -0.25) is 4.79 Å². The number of nitrogens with one attached hydrogen (secondary N) is 1. The molecular formula is C17H14F3NO3S. The maximum atomic E-state index is 12.6. The maximum Gasteiger partial charge on any atom is 0.416 e. The zero-order chi connectivity index (χ0) is 18.4. The molecule has 25 heavy (non-hydrogen) atoms. The number of halogens is 3. The SMILES string of the molecule is CSc1ccccc1NC(=O)COC(=O)c1cccc(C(F)(F)F)c1. The molecule has 0 aromatic heterocycles. The number of thioether (sulfide) groups is 1. The molecule has 0 unspecified atom stereocenters. The van der Waals surface area contributed by atoms with E-state index in [0.717, 1.165) is 17.0 Å². The van der Waals surface area contributed by atoms with Crippen LogP contribution in [0.1, 0.15) is 15.9 Å². The Morgan fingerprint density at radius 2 is 1.84 bits per heavy atom. The predicted molar refractivity (Wildman–Crippen MR) is 88.6 cm³/mol. The molecule has 0 heterocycles. The van der Waals surface area contributed by atoms with E-state index < -0.39 is 30.2 Å². The first-order valence-corrected chi connectivity index (χ1v) is 8.31. The lowest BCUT2D eigenvalue weighted by Gasteiger charge is -2.10. The third-order valence-electron chi connectivity index (χ3n) is 3.14. The number of alkyl halides is 3. The molecule has 0 aliphatic carbocycles. The molecule has 0 atom stereocenters. The molecule has 0 bridgehead atoms. The standard InChI is InChI=1S/C17H14F3NO3S/c1-25-14-8-3-2-7-13(14)21-15(22)10-24-16(23)11-5-4-6-12(9-11)17(18,19)20/h2-9H,10H2,1H3,(H,21,22). The number of anilines is 1. The van der Waals surface area contributed by atoms with E-state index in [-0.39, 0.29) is 5.56 Å². The van der Waals surface area contributed by atoms with Crippen molar-refractivity contribution in [2.24, 2.45) is 0 Å². The molecule has 0 aliphatic rings. The van der Waals surface area contributed by atoms with Crippen LogP contribution in [0.25, 0.3) is 0 Å². The maximum absolute atomic E-state index is 12.6. The minimum Gasteiger partial charge on any atom is -0.452 e. The topological polar surface area (TPSA) is 55.4 Å². The smallest absolute Gasteiger partial charge is 0.416 e. The van der Waals surface area contributed by atoms with Gasteiger partial charge in [0.25, 0.3) is 5.91 Å². The Labute approximate surface area is 146 Å². The lowest BCUT2D eigenvalue weighted by Crippen LogP contribution is -2.21. The van der Waals surface area contributed by atoms with Crippen molar-refractivity contribution in [3.8, 4) is 0 Å². The molecule has 2 rings (SSSR count). The molecule has 4 nitrogen and oxygen atoms in total. The van der Waals surface area contributed by atoms with Crippen LogP contribution in [0.4, 0.5) is 18.9 Å². The Morgan fingerprint density at radius 3 is 2.52 bits per heavy atom. The Bertz CT molecular complexity index is 778. The van der Waals surface area contributed by atoms with Gasteiger partial charge in [-0.25, -0.2) is 4.79 Å². The van der Waals surface area contributed by atoms with Gasteiger partial charge in [-0.2, -0.15) is 13.2 Å². The van der Waals surface area contributed by atoms with Gasteiger partial charge in [0, 0.05) is 4.90 Å². The first-order valence-electron chi connectivity index (χ1n) is 7.08. The fourth-order valence-corrected chi connectivity index (χ4v) is 2.52. The van der Waals surface area contributed by atoms with Gasteiger partial charge in [-0.1, -0.05) is 18.2 Å². The van der Waals surface area contributed by atoms with Crippen molar-refractivity contribution in [3.05, 3.63) is 59.7 Å². The third kappa shape index (κ3) is 5.25. The highest BCUT2D eigenvalue weighted by Crippen LogP contribution is 2.29. The van der Waals surface area contributed by atoms with Gasteiger partial charge in [-0.05, 0) is 36.6 Å². The molecule has 0 aliphatic heterocycles. The number of benzene rings is 2. The van der Waals surface area contributed by atoms with Crippen molar-refractivity contribution in [2.45, 2.75) is 11.1 Å². The van der Waals surface area contributed by atoms with Gasteiger partial charge in [0.15, 0.2) is 6.61 Å². The van der Waals surface area contributed by atoms with Crippen LogP contribution in [-0.4, -0.2) is 24.7 Å². The normalized spacial score (nSPS) is 11.0. The van der Waals surface area contributed by atoms with Gasteiger partial charge in [0.2, 0.25) is 0 Å². The van der Waals surface area contributed by atoms with Crippen LogP contribution in [0.2, 0.25) is 0 Å². The number of hydrogen-bond acceptors (Lipinski definition) is 4. The highest BCUT2D eigenvalue weighted by Gasteiger charge is 2.31. The van der Waals surface area contributed by atoms with E-state index in [0.29, 0.717) is 11.8 Å². The number of esters is 1. The summed E-state index contributed by atoms with van der Waals surface area (Å²) in [6.45, 7) is -0.599. The summed E-state index contributed by atoms with van der Waals surface area (Å²) in [7, 11) is 0. The molecule has 1 amide bonds.